The van der Waals surface area contributed by atoms with Crippen LogP contribution in [0.15, 0.2) is 229 Å². The van der Waals surface area contributed by atoms with E-state index in [0.717, 1.165) is 55.7 Å². The molecule has 0 bridgehead atoms. The highest BCUT2D eigenvalue weighted by Gasteiger charge is 2.21. The minimum absolute atomic E-state index is 0.892. The van der Waals surface area contributed by atoms with Crippen molar-refractivity contribution >= 4 is 60.5 Å². The Morgan fingerprint density at radius 1 is 0.293 bits per heavy atom. The van der Waals surface area contributed by atoms with Gasteiger partial charge in [0.05, 0.1) is 5.69 Å². The molecule has 0 saturated heterocycles. The zero-order valence-corrected chi connectivity index (χ0v) is 31.7. The largest absolute Gasteiger partial charge is 0.455 e. The Morgan fingerprint density at radius 3 is 1.72 bits per heavy atom. The zero-order chi connectivity index (χ0) is 38.4. The van der Waals surface area contributed by atoms with Crippen LogP contribution in [0.3, 0.4) is 0 Å². The van der Waals surface area contributed by atoms with Gasteiger partial charge in [-0.25, -0.2) is 0 Å². The lowest BCUT2D eigenvalue weighted by atomic mass is 9.96. The van der Waals surface area contributed by atoms with Gasteiger partial charge in [-0.05, 0) is 97.4 Å². The molecular weight excluding hydrogens is 703 g/mol. The third kappa shape index (κ3) is 5.91. The van der Waals surface area contributed by atoms with Crippen LogP contribution < -0.4 is 4.90 Å². The summed E-state index contributed by atoms with van der Waals surface area (Å²) < 4.78 is 6.60. The summed E-state index contributed by atoms with van der Waals surface area (Å²) in [5.41, 5.74) is 14.3. The highest BCUT2D eigenvalue weighted by Crippen LogP contribution is 2.45. The number of furan rings is 1. The molecule has 0 fully saturated rings. The Balaban J connectivity index is 1.03. The van der Waals surface area contributed by atoms with Crippen molar-refractivity contribution in [3.05, 3.63) is 224 Å². The van der Waals surface area contributed by atoms with E-state index in [1.807, 2.05) is 12.1 Å². The summed E-state index contributed by atoms with van der Waals surface area (Å²) in [6.07, 6.45) is 0. The van der Waals surface area contributed by atoms with Gasteiger partial charge in [-0.3, -0.25) is 0 Å². The van der Waals surface area contributed by atoms with Crippen molar-refractivity contribution in [1.29, 1.82) is 0 Å². The summed E-state index contributed by atoms with van der Waals surface area (Å²) in [6.45, 7) is 0. The summed E-state index contributed by atoms with van der Waals surface area (Å²) in [4.78, 5) is 2.38. The number of benzene rings is 10. The Labute approximate surface area is 337 Å². The van der Waals surface area contributed by atoms with Crippen LogP contribution in [-0.4, -0.2) is 0 Å². The van der Waals surface area contributed by atoms with E-state index in [9.17, 15) is 0 Å². The van der Waals surface area contributed by atoms with Gasteiger partial charge in [-0.1, -0.05) is 182 Å². The predicted molar refractivity (Wildman–Crippen MR) is 245 cm³/mol. The molecule has 0 aliphatic heterocycles. The highest BCUT2D eigenvalue weighted by atomic mass is 16.3. The quantitative estimate of drug-likeness (QED) is 0.162. The summed E-state index contributed by atoms with van der Waals surface area (Å²) in [5.74, 6) is 0. The zero-order valence-electron chi connectivity index (χ0n) is 31.7. The predicted octanol–water partition coefficient (Wildman–Crippen LogP) is 16.0. The van der Waals surface area contributed by atoms with Gasteiger partial charge in [0, 0.05) is 33.3 Å². The first-order valence-corrected chi connectivity index (χ1v) is 19.8. The number of anilines is 3. The molecule has 0 unspecified atom stereocenters. The van der Waals surface area contributed by atoms with Crippen LogP contribution in [0, 0.1) is 0 Å². The van der Waals surface area contributed by atoms with E-state index in [4.69, 9.17) is 4.42 Å². The van der Waals surface area contributed by atoms with E-state index in [0.29, 0.717) is 0 Å². The minimum Gasteiger partial charge on any atom is -0.455 e. The van der Waals surface area contributed by atoms with Crippen molar-refractivity contribution in [2.24, 2.45) is 0 Å². The van der Waals surface area contributed by atoms with Crippen LogP contribution in [0.25, 0.3) is 88.0 Å². The average molecular weight is 740 g/mol. The number of para-hydroxylation sites is 3. The Bertz CT molecular complexity index is 3280. The molecule has 0 N–H and O–H groups in total. The first-order chi connectivity index (χ1) is 28.7. The van der Waals surface area contributed by atoms with Gasteiger partial charge in [-0.15, -0.1) is 0 Å². The molecule has 10 aromatic carbocycles. The number of hydrogen-bond donors (Lipinski definition) is 0. The van der Waals surface area contributed by atoms with Gasteiger partial charge < -0.3 is 9.32 Å². The van der Waals surface area contributed by atoms with Crippen molar-refractivity contribution in [2.45, 2.75) is 0 Å². The summed E-state index contributed by atoms with van der Waals surface area (Å²) >= 11 is 0. The van der Waals surface area contributed by atoms with Gasteiger partial charge >= 0.3 is 0 Å². The van der Waals surface area contributed by atoms with E-state index in [-0.39, 0.29) is 0 Å². The van der Waals surface area contributed by atoms with Gasteiger partial charge in [-0.2, -0.15) is 0 Å². The van der Waals surface area contributed by atoms with E-state index in [1.165, 1.54) is 49.4 Å². The molecule has 1 heterocycles. The fourth-order valence-corrected chi connectivity index (χ4v) is 8.60. The maximum absolute atomic E-state index is 6.60. The molecule has 0 amide bonds. The van der Waals surface area contributed by atoms with E-state index in [2.05, 4.69) is 217 Å². The third-order valence-electron chi connectivity index (χ3n) is 11.5. The Morgan fingerprint density at radius 2 is 0.862 bits per heavy atom. The van der Waals surface area contributed by atoms with E-state index in [1.54, 1.807) is 0 Å². The Hall–Kier alpha value is -7.68. The lowest BCUT2D eigenvalue weighted by molar-refractivity contribution is 0.670. The second-order valence-corrected chi connectivity index (χ2v) is 14.9. The average Bonchev–Trinajstić information content (AvgIpc) is 3.69. The van der Waals surface area contributed by atoms with E-state index < -0.39 is 0 Å². The van der Waals surface area contributed by atoms with Crippen LogP contribution in [0.4, 0.5) is 17.1 Å². The maximum atomic E-state index is 6.60. The van der Waals surface area contributed by atoms with E-state index >= 15 is 0 Å². The standard InChI is InChI=1S/C56H37NO/c1-2-14-43-36-45(31-28-38(43)12-1)44-16-9-17-47(37-44)57(54-24-7-5-19-50(54)52-22-11-23-53-51-20-6-8-25-55(51)58-56(52)53)46-34-32-40(33-35-46)39-26-29-42(30-27-39)49-21-10-15-41-13-3-4-18-48(41)49/h1-37H. The molecule has 0 saturated carbocycles. The molecule has 1 aromatic heterocycles. The summed E-state index contributed by atoms with van der Waals surface area (Å²) in [5, 5.41) is 7.22. The normalized spacial score (nSPS) is 11.4. The van der Waals surface area contributed by atoms with Gasteiger partial charge in [0.15, 0.2) is 0 Å². The number of hydrogen-bond acceptors (Lipinski definition) is 2. The second kappa shape index (κ2) is 14.1. The van der Waals surface area contributed by atoms with Gasteiger partial charge in [0.2, 0.25) is 0 Å². The molecule has 11 rings (SSSR count). The smallest absolute Gasteiger partial charge is 0.143 e. The fourth-order valence-electron chi connectivity index (χ4n) is 8.60. The molecule has 0 aliphatic rings. The van der Waals surface area contributed by atoms with Crippen LogP contribution in [0.1, 0.15) is 0 Å². The monoisotopic (exact) mass is 739 g/mol. The van der Waals surface area contributed by atoms with Crippen molar-refractivity contribution in [3.63, 3.8) is 0 Å². The Kier molecular flexibility index (Phi) is 8.19. The number of nitrogens with zero attached hydrogens (tertiary/aromatic N) is 1. The number of rotatable bonds is 7. The van der Waals surface area contributed by atoms with Crippen molar-refractivity contribution in [1.82, 2.24) is 0 Å². The van der Waals surface area contributed by atoms with Gasteiger partial charge in [0.25, 0.3) is 0 Å². The SMILES string of the molecule is c1cc(-c2ccc3ccccc3c2)cc(N(c2ccc(-c3ccc(-c4cccc5ccccc45)cc3)cc2)c2ccccc2-c2cccc3c2oc2ccccc23)c1. The molecule has 0 spiro atoms. The first kappa shape index (κ1) is 33.6. The molecular formula is C56H37NO. The molecule has 58 heavy (non-hydrogen) atoms. The van der Waals surface area contributed by atoms with Crippen LogP contribution in [0.5, 0.6) is 0 Å². The maximum Gasteiger partial charge on any atom is 0.143 e. The summed E-state index contributed by atoms with van der Waals surface area (Å²) in [6, 6.07) is 80.7. The molecule has 0 atom stereocenters. The first-order valence-electron chi connectivity index (χ1n) is 19.8. The topological polar surface area (TPSA) is 16.4 Å². The van der Waals surface area contributed by atoms with Gasteiger partial charge in [0.1, 0.15) is 11.2 Å². The molecule has 0 radical (unpaired) electrons. The summed E-state index contributed by atoms with van der Waals surface area (Å²) in [7, 11) is 0. The fraction of sp³-hybridized carbons (Fsp3) is 0. The number of fused-ring (bicyclic) bond motifs is 5. The second-order valence-electron chi connectivity index (χ2n) is 14.9. The third-order valence-corrected chi connectivity index (χ3v) is 11.5. The molecule has 11 aromatic rings. The highest BCUT2D eigenvalue weighted by molar-refractivity contribution is 6.11. The molecule has 2 heteroatoms. The lowest BCUT2D eigenvalue weighted by Gasteiger charge is -2.28. The lowest BCUT2D eigenvalue weighted by Crippen LogP contribution is -2.11. The molecule has 0 aliphatic carbocycles. The van der Waals surface area contributed by atoms with Crippen molar-refractivity contribution < 1.29 is 4.42 Å². The molecule has 2 nitrogen and oxygen atoms in total. The van der Waals surface area contributed by atoms with Crippen LogP contribution >= 0.6 is 0 Å². The van der Waals surface area contributed by atoms with Crippen LogP contribution in [0.2, 0.25) is 0 Å². The van der Waals surface area contributed by atoms with Crippen LogP contribution in [-0.2, 0) is 0 Å². The van der Waals surface area contributed by atoms with Crippen molar-refractivity contribution in [3.8, 4) is 44.5 Å². The minimum atomic E-state index is 0.892. The van der Waals surface area contributed by atoms with Crippen molar-refractivity contribution in [2.75, 3.05) is 4.90 Å². The molecule has 272 valence electrons.